The maximum Gasteiger partial charge on any atom is 0.416 e. The van der Waals surface area contributed by atoms with Crippen molar-refractivity contribution in [3.05, 3.63) is 30.5 Å². The molecule has 1 atom stereocenters. The number of carbonyl (C=O) groups excluding carboxylic acids is 1. The molecule has 3 rings (SSSR count). The summed E-state index contributed by atoms with van der Waals surface area (Å²) < 4.78 is 45.1. The van der Waals surface area contributed by atoms with Gasteiger partial charge in [0, 0.05) is 35.1 Å². The van der Waals surface area contributed by atoms with Crippen LogP contribution in [0.25, 0.3) is 10.9 Å². The van der Waals surface area contributed by atoms with E-state index < -0.39 is 18.8 Å². The number of hydrogen-bond acceptors (Lipinski definition) is 3. The van der Waals surface area contributed by atoms with E-state index in [0.717, 1.165) is 22.3 Å². The Morgan fingerprint density at radius 3 is 2.84 bits per heavy atom. The largest absolute Gasteiger partial charge is 0.416 e. The van der Waals surface area contributed by atoms with Crippen LogP contribution in [0.3, 0.4) is 0 Å². The summed E-state index contributed by atoms with van der Waals surface area (Å²) in [7, 11) is 0. The van der Waals surface area contributed by atoms with E-state index in [4.69, 9.17) is 4.74 Å². The molecule has 0 saturated carbocycles. The molecule has 0 radical (unpaired) electrons. The van der Waals surface area contributed by atoms with Gasteiger partial charge in [-0.05, 0) is 13.0 Å². The highest BCUT2D eigenvalue weighted by Crippen LogP contribution is 2.31. The van der Waals surface area contributed by atoms with Crippen LogP contribution in [-0.4, -0.2) is 53.1 Å². The van der Waals surface area contributed by atoms with Crippen molar-refractivity contribution in [2.24, 2.45) is 0 Å². The normalized spacial score (nSPS) is 18.7. The lowest BCUT2D eigenvalue weighted by atomic mass is 10.2. The number of rotatable bonds is 4. The molecule has 2 heterocycles. The van der Waals surface area contributed by atoms with Crippen molar-refractivity contribution in [1.29, 1.82) is 0 Å². The Labute approximate surface area is 147 Å². The third-order valence-corrected chi connectivity index (χ3v) is 5.26. The molecule has 1 saturated heterocycles. The highest BCUT2D eigenvalue weighted by Gasteiger charge is 2.44. The minimum Gasteiger partial charge on any atom is -0.365 e. The van der Waals surface area contributed by atoms with Crippen molar-refractivity contribution in [1.82, 2.24) is 9.47 Å². The highest BCUT2D eigenvalue weighted by atomic mass is 32.2. The van der Waals surface area contributed by atoms with Crippen molar-refractivity contribution < 1.29 is 22.7 Å². The number of amides is 1. The second-order valence-corrected chi connectivity index (χ2v) is 6.84. The Kier molecular flexibility index (Phi) is 5.29. The molecule has 1 aromatic heterocycles. The number of alkyl halides is 3. The molecule has 1 aliphatic heterocycles. The summed E-state index contributed by atoms with van der Waals surface area (Å²) in [5, 5.41) is 1.05. The van der Waals surface area contributed by atoms with Gasteiger partial charge >= 0.3 is 6.18 Å². The third-order valence-electron chi connectivity index (χ3n) is 4.23. The number of nitrogens with zero attached hydrogens (tertiary/aromatic N) is 2. The summed E-state index contributed by atoms with van der Waals surface area (Å²) in [6.45, 7) is 2.53. The maximum absolute atomic E-state index is 12.8. The van der Waals surface area contributed by atoms with Gasteiger partial charge in [-0.15, -0.1) is 11.8 Å². The van der Waals surface area contributed by atoms with Crippen molar-refractivity contribution in [2.75, 3.05) is 25.4 Å². The Morgan fingerprint density at radius 1 is 1.36 bits per heavy atom. The minimum absolute atomic E-state index is 0.0876. The highest BCUT2D eigenvalue weighted by molar-refractivity contribution is 8.00. The van der Waals surface area contributed by atoms with Gasteiger partial charge in [-0.1, -0.05) is 18.2 Å². The number of benzene rings is 1. The molecule has 0 unspecified atom stereocenters. The Morgan fingerprint density at radius 2 is 2.12 bits per heavy atom. The Bertz CT molecular complexity index is 760. The van der Waals surface area contributed by atoms with Gasteiger partial charge in [0.15, 0.2) is 6.10 Å². The van der Waals surface area contributed by atoms with Gasteiger partial charge in [0.05, 0.1) is 18.9 Å². The van der Waals surface area contributed by atoms with Gasteiger partial charge in [0.1, 0.15) is 0 Å². The number of aryl methyl sites for hydroxylation is 1. The molecule has 0 aliphatic carbocycles. The van der Waals surface area contributed by atoms with Gasteiger partial charge in [-0.3, -0.25) is 4.79 Å². The van der Waals surface area contributed by atoms with Crippen molar-refractivity contribution in [2.45, 2.75) is 30.6 Å². The molecule has 136 valence electrons. The molecule has 1 fully saturated rings. The zero-order valence-electron chi connectivity index (χ0n) is 13.8. The first-order valence-corrected chi connectivity index (χ1v) is 9.05. The monoisotopic (exact) mass is 372 g/mol. The fourth-order valence-electron chi connectivity index (χ4n) is 2.89. The van der Waals surface area contributed by atoms with E-state index in [9.17, 15) is 18.0 Å². The molecule has 2 aromatic rings. The first-order valence-electron chi connectivity index (χ1n) is 8.07. The maximum atomic E-state index is 12.8. The molecule has 25 heavy (non-hydrogen) atoms. The topological polar surface area (TPSA) is 34.5 Å². The summed E-state index contributed by atoms with van der Waals surface area (Å²) in [6.07, 6.45) is -4.35. The second kappa shape index (κ2) is 7.29. The molecular formula is C17H19F3N2O2S. The van der Waals surface area contributed by atoms with Gasteiger partial charge < -0.3 is 14.2 Å². The summed E-state index contributed by atoms with van der Waals surface area (Å²) in [6, 6.07) is 7.90. The number of fused-ring (bicyclic) bond motifs is 1. The predicted octanol–water partition coefficient (Wildman–Crippen LogP) is 3.54. The van der Waals surface area contributed by atoms with Crippen molar-refractivity contribution in [3.8, 4) is 0 Å². The second-order valence-electron chi connectivity index (χ2n) is 5.83. The fourth-order valence-corrected chi connectivity index (χ4v) is 3.89. The van der Waals surface area contributed by atoms with E-state index in [1.807, 2.05) is 37.4 Å². The molecular weight excluding hydrogens is 353 g/mol. The van der Waals surface area contributed by atoms with Crippen LogP contribution < -0.4 is 0 Å². The molecule has 0 N–H and O–H groups in total. The number of ether oxygens (including phenoxy) is 1. The number of para-hydroxylation sites is 1. The van der Waals surface area contributed by atoms with E-state index >= 15 is 0 Å². The van der Waals surface area contributed by atoms with E-state index in [1.54, 1.807) is 0 Å². The molecule has 0 spiro atoms. The van der Waals surface area contributed by atoms with Crippen LogP contribution in [0.4, 0.5) is 13.2 Å². The number of halogens is 3. The zero-order valence-corrected chi connectivity index (χ0v) is 14.6. The van der Waals surface area contributed by atoms with Gasteiger partial charge in [-0.25, -0.2) is 0 Å². The Balaban J connectivity index is 1.67. The molecule has 1 amide bonds. The predicted molar refractivity (Wildman–Crippen MR) is 90.7 cm³/mol. The van der Waals surface area contributed by atoms with E-state index in [0.29, 0.717) is 0 Å². The minimum atomic E-state index is -4.44. The SMILES string of the molecule is CCn1cc(SCC(=O)N2CCO[C@H](C(F)(F)F)C2)c2ccccc21. The van der Waals surface area contributed by atoms with Crippen LogP contribution in [0.5, 0.6) is 0 Å². The van der Waals surface area contributed by atoms with Crippen LogP contribution >= 0.6 is 11.8 Å². The van der Waals surface area contributed by atoms with Crippen LogP contribution in [0.2, 0.25) is 0 Å². The standard InChI is InChI=1S/C17H19F3N2O2S/c1-2-21-9-14(12-5-3-4-6-13(12)21)25-11-16(23)22-7-8-24-15(10-22)17(18,19)20/h3-6,9,15H,2,7-8,10-11H2,1H3/t15-/m0/s1. The average molecular weight is 372 g/mol. The summed E-state index contributed by atoms with van der Waals surface area (Å²) in [5.41, 5.74) is 1.09. The van der Waals surface area contributed by atoms with Gasteiger partial charge in [0.25, 0.3) is 0 Å². The van der Waals surface area contributed by atoms with E-state index in [2.05, 4.69) is 4.57 Å². The van der Waals surface area contributed by atoms with E-state index in [-0.39, 0.29) is 24.8 Å². The van der Waals surface area contributed by atoms with Crippen LogP contribution in [-0.2, 0) is 16.1 Å². The summed E-state index contributed by atoms with van der Waals surface area (Å²) in [5.74, 6) is -0.182. The van der Waals surface area contributed by atoms with E-state index in [1.165, 1.54) is 16.7 Å². The smallest absolute Gasteiger partial charge is 0.365 e. The molecule has 8 heteroatoms. The van der Waals surface area contributed by atoms with Crippen LogP contribution in [0.15, 0.2) is 35.4 Å². The summed E-state index contributed by atoms with van der Waals surface area (Å²) >= 11 is 1.36. The lowest BCUT2D eigenvalue weighted by Gasteiger charge is -2.33. The third kappa shape index (κ3) is 3.95. The number of thioether (sulfide) groups is 1. The lowest BCUT2D eigenvalue weighted by molar-refractivity contribution is -0.236. The van der Waals surface area contributed by atoms with Gasteiger partial charge in [-0.2, -0.15) is 13.2 Å². The van der Waals surface area contributed by atoms with Crippen LogP contribution in [0.1, 0.15) is 6.92 Å². The number of morpholine rings is 1. The van der Waals surface area contributed by atoms with Crippen LogP contribution in [0, 0.1) is 0 Å². The lowest BCUT2D eigenvalue weighted by Crippen LogP contribution is -2.51. The molecule has 4 nitrogen and oxygen atoms in total. The zero-order chi connectivity index (χ0) is 18.0. The summed E-state index contributed by atoms with van der Waals surface area (Å²) in [4.78, 5) is 14.5. The van der Waals surface area contributed by atoms with Crippen molar-refractivity contribution in [3.63, 3.8) is 0 Å². The molecule has 1 aliphatic rings. The van der Waals surface area contributed by atoms with Gasteiger partial charge in [0.2, 0.25) is 5.91 Å². The quantitative estimate of drug-likeness (QED) is 0.770. The first-order chi connectivity index (χ1) is 11.9. The average Bonchev–Trinajstić information content (AvgIpc) is 2.97. The molecule has 1 aromatic carbocycles. The number of hydrogen-bond donors (Lipinski definition) is 0. The van der Waals surface area contributed by atoms with Crippen molar-refractivity contribution >= 4 is 28.6 Å². The fraction of sp³-hybridized carbons (Fsp3) is 0.471. The Hall–Kier alpha value is -1.67. The number of carbonyl (C=O) groups is 1. The first kappa shape index (κ1) is 18.1. The molecule has 0 bridgehead atoms. The number of aromatic nitrogens is 1.